The molecule has 150 valence electrons. The number of aromatic nitrogens is 1. The maximum Gasteiger partial charge on any atom is 0.239 e. The van der Waals surface area contributed by atoms with Gasteiger partial charge in [0, 0.05) is 28.5 Å². The molecule has 3 aromatic rings. The van der Waals surface area contributed by atoms with E-state index in [1.165, 1.54) is 36.1 Å². The number of carbonyl (C=O) groups excluding carboxylic acids is 2. The standard InChI is InChI=1S/C20H17F2N3O2S2/c1-11(29-15-6-4-14(5-7-15)23-12(2)26)19(27)25-20-24-18(10-28-20)13-3-8-16(21)17(22)9-13/h3-11H,1-2H3,(H,23,26)(H,24,25,27). The Bertz CT molecular complexity index is 1040. The van der Waals surface area contributed by atoms with Gasteiger partial charge in [-0.3, -0.25) is 9.59 Å². The first-order valence-corrected chi connectivity index (χ1v) is 10.3. The lowest BCUT2D eigenvalue weighted by atomic mass is 10.2. The molecule has 0 aliphatic heterocycles. The fourth-order valence-corrected chi connectivity index (χ4v) is 3.99. The molecule has 1 atom stereocenters. The van der Waals surface area contributed by atoms with Crippen molar-refractivity contribution in [1.29, 1.82) is 0 Å². The Morgan fingerprint density at radius 1 is 1.07 bits per heavy atom. The lowest BCUT2D eigenvalue weighted by Crippen LogP contribution is -2.22. The molecule has 3 rings (SSSR count). The van der Waals surface area contributed by atoms with Gasteiger partial charge in [0.05, 0.1) is 10.9 Å². The Morgan fingerprint density at radius 2 is 1.79 bits per heavy atom. The van der Waals surface area contributed by atoms with Crippen LogP contribution in [0.15, 0.2) is 52.7 Å². The van der Waals surface area contributed by atoms with E-state index in [1.54, 1.807) is 24.4 Å². The molecular weight excluding hydrogens is 416 g/mol. The minimum absolute atomic E-state index is 0.149. The molecule has 2 aromatic carbocycles. The van der Waals surface area contributed by atoms with Crippen molar-refractivity contribution in [3.05, 3.63) is 59.5 Å². The van der Waals surface area contributed by atoms with Gasteiger partial charge in [0.25, 0.3) is 0 Å². The number of halogens is 2. The number of nitrogens with one attached hydrogen (secondary N) is 2. The maximum atomic E-state index is 13.4. The van der Waals surface area contributed by atoms with Gasteiger partial charge < -0.3 is 10.6 Å². The van der Waals surface area contributed by atoms with Crippen molar-refractivity contribution < 1.29 is 18.4 Å². The number of hydrogen-bond donors (Lipinski definition) is 2. The van der Waals surface area contributed by atoms with Gasteiger partial charge in [-0.1, -0.05) is 0 Å². The summed E-state index contributed by atoms with van der Waals surface area (Å²) >= 11 is 2.57. The largest absolute Gasteiger partial charge is 0.326 e. The Hall–Kier alpha value is -2.78. The van der Waals surface area contributed by atoms with E-state index >= 15 is 0 Å². The smallest absolute Gasteiger partial charge is 0.239 e. The van der Waals surface area contributed by atoms with E-state index in [0.29, 0.717) is 22.1 Å². The SMILES string of the molecule is CC(=O)Nc1ccc(SC(C)C(=O)Nc2nc(-c3ccc(F)c(F)c3)cs2)cc1. The third-order valence-corrected chi connectivity index (χ3v) is 5.68. The van der Waals surface area contributed by atoms with Crippen molar-refractivity contribution >= 4 is 45.7 Å². The van der Waals surface area contributed by atoms with Gasteiger partial charge in [0.15, 0.2) is 16.8 Å². The summed E-state index contributed by atoms with van der Waals surface area (Å²) < 4.78 is 26.5. The molecule has 0 aliphatic carbocycles. The van der Waals surface area contributed by atoms with E-state index in [0.717, 1.165) is 17.0 Å². The molecule has 2 amide bonds. The Kier molecular flexibility index (Phi) is 6.60. The molecule has 0 saturated heterocycles. The molecule has 0 radical (unpaired) electrons. The molecule has 1 unspecified atom stereocenters. The third-order valence-electron chi connectivity index (χ3n) is 3.81. The van der Waals surface area contributed by atoms with Crippen LogP contribution >= 0.6 is 23.1 Å². The zero-order valence-electron chi connectivity index (χ0n) is 15.5. The zero-order valence-corrected chi connectivity index (χ0v) is 17.2. The molecule has 0 saturated carbocycles. The molecule has 2 N–H and O–H groups in total. The van der Waals surface area contributed by atoms with Crippen LogP contribution in [0.5, 0.6) is 0 Å². The van der Waals surface area contributed by atoms with E-state index < -0.39 is 16.9 Å². The van der Waals surface area contributed by atoms with Crippen molar-refractivity contribution in [1.82, 2.24) is 4.98 Å². The van der Waals surface area contributed by atoms with Gasteiger partial charge >= 0.3 is 0 Å². The number of anilines is 2. The third kappa shape index (κ3) is 5.61. The lowest BCUT2D eigenvalue weighted by Gasteiger charge is -2.11. The molecule has 29 heavy (non-hydrogen) atoms. The summed E-state index contributed by atoms with van der Waals surface area (Å²) in [5, 5.41) is 7.08. The fourth-order valence-electron chi connectivity index (χ4n) is 2.40. The van der Waals surface area contributed by atoms with Gasteiger partial charge in [-0.2, -0.15) is 0 Å². The second kappa shape index (κ2) is 9.15. The van der Waals surface area contributed by atoms with Crippen LogP contribution in [0.2, 0.25) is 0 Å². The number of amides is 2. The van der Waals surface area contributed by atoms with Crippen LogP contribution in [0.1, 0.15) is 13.8 Å². The quantitative estimate of drug-likeness (QED) is 0.527. The minimum atomic E-state index is -0.948. The first-order valence-electron chi connectivity index (χ1n) is 8.58. The lowest BCUT2D eigenvalue weighted by molar-refractivity contribution is -0.115. The van der Waals surface area contributed by atoms with Crippen LogP contribution in [-0.4, -0.2) is 22.0 Å². The topological polar surface area (TPSA) is 71.1 Å². The first kappa shape index (κ1) is 20.9. The van der Waals surface area contributed by atoms with Gasteiger partial charge in [-0.25, -0.2) is 13.8 Å². The predicted octanol–water partition coefficient (Wildman–Crippen LogP) is 5.17. The first-order chi connectivity index (χ1) is 13.8. The maximum absolute atomic E-state index is 13.4. The molecular formula is C20H17F2N3O2S2. The Morgan fingerprint density at radius 3 is 2.45 bits per heavy atom. The zero-order chi connectivity index (χ0) is 21.0. The highest BCUT2D eigenvalue weighted by atomic mass is 32.2. The van der Waals surface area contributed by atoms with Crippen LogP contribution in [0, 0.1) is 11.6 Å². The molecule has 5 nitrogen and oxygen atoms in total. The summed E-state index contributed by atoms with van der Waals surface area (Å²) in [5.41, 5.74) is 1.58. The summed E-state index contributed by atoms with van der Waals surface area (Å²) in [6.07, 6.45) is 0. The second-order valence-electron chi connectivity index (χ2n) is 6.12. The van der Waals surface area contributed by atoms with Crippen LogP contribution in [0.4, 0.5) is 19.6 Å². The average molecular weight is 434 g/mol. The normalized spacial score (nSPS) is 11.7. The van der Waals surface area contributed by atoms with Gasteiger partial charge in [-0.05, 0) is 49.4 Å². The van der Waals surface area contributed by atoms with E-state index in [9.17, 15) is 18.4 Å². The van der Waals surface area contributed by atoms with Crippen molar-refractivity contribution in [2.24, 2.45) is 0 Å². The number of nitrogens with zero attached hydrogens (tertiary/aromatic N) is 1. The Balaban J connectivity index is 1.60. The van der Waals surface area contributed by atoms with Crippen molar-refractivity contribution in [3.63, 3.8) is 0 Å². The molecule has 0 fully saturated rings. The molecule has 1 aromatic heterocycles. The average Bonchev–Trinajstić information content (AvgIpc) is 3.13. The number of carbonyl (C=O) groups is 2. The summed E-state index contributed by atoms with van der Waals surface area (Å²) in [4.78, 5) is 28.6. The van der Waals surface area contributed by atoms with Crippen molar-refractivity contribution in [2.75, 3.05) is 10.6 Å². The number of rotatable bonds is 6. The molecule has 9 heteroatoms. The summed E-state index contributed by atoms with van der Waals surface area (Å²) in [5.74, 6) is -2.25. The number of thiazole rings is 1. The molecule has 0 aliphatic rings. The highest BCUT2D eigenvalue weighted by Gasteiger charge is 2.17. The molecule has 0 bridgehead atoms. The van der Waals surface area contributed by atoms with Gasteiger partial charge in [0.1, 0.15) is 0 Å². The minimum Gasteiger partial charge on any atom is -0.326 e. The summed E-state index contributed by atoms with van der Waals surface area (Å²) in [7, 11) is 0. The van der Waals surface area contributed by atoms with E-state index in [4.69, 9.17) is 0 Å². The monoisotopic (exact) mass is 433 g/mol. The van der Waals surface area contributed by atoms with E-state index in [2.05, 4.69) is 15.6 Å². The number of benzene rings is 2. The predicted molar refractivity (Wildman–Crippen MR) is 112 cm³/mol. The Labute approximate surface area is 174 Å². The van der Waals surface area contributed by atoms with E-state index in [-0.39, 0.29) is 11.8 Å². The van der Waals surface area contributed by atoms with Gasteiger partial charge in [-0.15, -0.1) is 23.1 Å². The van der Waals surface area contributed by atoms with Gasteiger partial charge in [0.2, 0.25) is 11.8 Å². The highest BCUT2D eigenvalue weighted by molar-refractivity contribution is 8.00. The fraction of sp³-hybridized carbons (Fsp3) is 0.150. The number of hydrogen-bond acceptors (Lipinski definition) is 5. The van der Waals surface area contributed by atoms with Crippen molar-refractivity contribution in [2.45, 2.75) is 24.0 Å². The van der Waals surface area contributed by atoms with Crippen LogP contribution in [0.25, 0.3) is 11.3 Å². The van der Waals surface area contributed by atoms with Crippen LogP contribution in [-0.2, 0) is 9.59 Å². The van der Waals surface area contributed by atoms with Crippen molar-refractivity contribution in [3.8, 4) is 11.3 Å². The summed E-state index contributed by atoms with van der Waals surface area (Å²) in [6, 6.07) is 10.7. The number of thioether (sulfide) groups is 1. The van der Waals surface area contributed by atoms with E-state index in [1.807, 2.05) is 12.1 Å². The molecule has 1 heterocycles. The van der Waals surface area contributed by atoms with Crippen LogP contribution < -0.4 is 10.6 Å². The second-order valence-corrected chi connectivity index (χ2v) is 8.39. The summed E-state index contributed by atoms with van der Waals surface area (Å²) in [6.45, 7) is 3.21. The highest BCUT2D eigenvalue weighted by Crippen LogP contribution is 2.28. The molecule has 0 spiro atoms. The van der Waals surface area contributed by atoms with Crippen LogP contribution in [0.3, 0.4) is 0 Å².